The van der Waals surface area contributed by atoms with Gasteiger partial charge in [-0.15, -0.1) is 0 Å². The van der Waals surface area contributed by atoms with E-state index in [2.05, 4.69) is 26.3 Å². The van der Waals surface area contributed by atoms with Crippen LogP contribution in [0.3, 0.4) is 0 Å². The Kier molecular flexibility index (Phi) is 6.87. The summed E-state index contributed by atoms with van der Waals surface area (Å²) in [7, 11) is 1.62. The van der Waals surface area contributed by atoms with Crippen LogP contribution in [0.5, 0.6) is 5.88 Å². The molecule has 2 atom stereocenters. The molecule has 1 amide bonds. The minimum absolute atomic E-state index is 0.250. The Labute approximate surface area is 221 Å². The average Bonchev–Trinajstić information content (AvgIpc) is 3.36. The molecule has 0 spiro atoms. The van der Waals surface area contributed by atoms with Gasteiger partial charge in [0.1, 0.15) is 17.9 Å². The first-order valence-corrected chi connectivity index (χ1v) is 13.0. The number of hydrogen-bond acceptors (Lipinski definition) is 9. The fourth-order valence-corrected chi connectivity index (χ4v) is 5.21. The van der Waals surface area contributed by atoms with Crippen LogP contribution in [0.2, 0.25) is 0 Å². The first-order valence-electron chi connectivity index (χ1n) is 13.0. The number of carbonyl (C=O) groups is 1. The van der Waals surface area contributed by atoms with Crippen LogP contribution >= 0.6 is 0 Å². The molecule has 6 rings (SSSR count). The Morgan fingerprint density at radius 2 is 2.16 bits per heavy atom. The van der Waals surface area contributed by atoms with Crippen molar-refractivity contribution in [3.63, 3.8) is 0 Å². The third-order valence-corrected chi connectivity index (χ3v) is 7.17. The quantitative estimate of drug-likeness (QED) is 0.585. The molecule has 3 aliphatic heterocycles. The van der Waals surface area contributed by atoms with Crippen LogP contribution < -0.4 is 15.0 Å². The number of carbonyl (C=O) groups excluding carboxylic acids is 1. The van der Waals surface area contributed by atoms with Crippen LogP contribution in [0.25, 0.3) is 11.0 Å². The summed E-state index contributed by atoms with van der Waals surface area (Å²) in [5.41, 5.74) is 3.77. The largest absolute Gasteiger partial charge is 0.481 e. The lowest BCUT2D eigenvalue weighted by atomic mass is 10.0. The van der Waals surface area contributed by atoms with Crippen molar-refractivity contribution in [2.45, 2.75) is 37.8 Å². The minimum atomic E-state index is -0.432. The molecular formula is C28H31N5O5. The van der Waals surface area contributed by atoms with Gasteiger partial charge < -0.3 is 29.2 Å². The molecule has 5 heterocycles. The number of methoxy groups -OCH3 is 1. The molecule has 0 radical (unpaired) electrons. The number of allylic oxidation sites excluding steroid dienone is 4. The summed E-state index contributed by atoms with van der Waals surface area (Å²) in [4.78, 5) is 25.6. The van der Waals surface area contributed by atoms with Crippen molar-refractivity contribution < 1.29 is 23.7 Å². The number of nitrogens with zero attached hydrogens (tertiary/aromatic N) is 4. The Morgan fingerprint density at radius 3 is 3.03 bits per heavy atom. The summed E-state index contributed by atoms with van der Waals surface area (Å²) in [6.45, 7) is 2.71. The molecule has 1 aliphatic carbocycles. The number of pyridine rings is 2. The number of fused-ring (bicyclic) bond motifs is 1. The zero-order chi connectivity index (χ0) is 25.9. The Balaban J connectivity index is 1.06. The summed E-state index contributed by atoms with van der Waals surface area (Å²) in [6, 6.07) is 6.02. The highest BCUT2D eigenvalue weighted by molar-refractivity contribution is 5.88. The number of rotatable bonds is 7. The number of aromatic nitrogens is 2. The first-order chi connectivity index (χ1) is 18.7. The molecule has 2 aromatic rings. The summed E-state index contributed by atoms with van der Waals surface area (Å²) in [5.74, 6) is 1.55. The van der Waals surface area contributed by atoms with Crippen LogP contribution in [0, 0.1) is 0 Å². The molecule has 2 aromatic heterocycles. The predicted molar refractivity (Wildman–Crippen MR) is 141 cm³/mol. The van der Waals surface area contributed by atoms with E-state index in [-0.39, 0.29) is 12.1 Å². The molecule has 4 aliphatic rings. The van der Waals surface area contributed by atoms with E-state index in [0.717, 1.165) is 61.1 Å². The second-order valence-electron chi connectivity index (χ2n) is 9.70. The van der Waals surface area contributed by atoms with Gasteiger partial charge in [0.2, 0.25) is 11.8 Å². The van der Waals surface area contributed by atoms with Gasteiger partial charge in [0.05, 0.1) is 24.9 Å². The molecule has 38 heavy (non-hydrogen) atoms. The number of hydrogen-bond donors (Lipinski definition) is 1. The highest BCUT2D eigenvalue weighted by Gasteiger charge is 2.37. The van der Waals surface area contributed by atoms with Crippen LogP contribution in [-0.4, -0.2) is 66.4 Å². The lowest BCUT2D eigenvalue weighted by molar-refractivity contribution is 0.117. The standard InChI is InChI=1S/C28H31N5O5/c1-35-25-10-9-22-27(31-25)23(11-12-29-22)32-13-5-8-20(15-32)30-14-21-16-33(28(34)37-21)26-18-36-17-24(38-26)19-6-3-2-4-7-19/h2-3,6,9-12,17-18,20-21,30H,4-5,7-8,13-16H2,1H3/t20?,21-/m1/s1. The zero-order valence-corrected chi connectivity index (χ0v) is 21.3. The molecular weight excluding hydrogens is 486 g/mol. The molecule has 198 valence electrons. The van der Waals surface area contributed by atoms with E-state index >= 15 is 0 Å². The van der Waals surface area contributed by atoms with Crippen LogP contribution in [0.1, 0.15) is 25.7 Å². The minimum Gasteiger partial charge on any atom is -0.481 e. The van der Waals surface area contributed by atoms with Crippen LogP contribution in [0.4, 0.5) is 10.5 Å². The van der Waals surface area contributed by atoms with Crippen molar-refractivity contribution >= 4 is 22.8 Å². The summed E-state index contributed by atoms with van der Waals surface area (Å²) in [6.07, 6.45) is 14.1. The molecule has 10 nitrogen and oxygen atoms in total. The Morgan fingerprint density at radius 1 is 1.21 bits per heavy atom. The number of cyclic esters (lactones) is 1. The van der Waals surface area contributed by atoms with Crippen molar-refractivity contribution in [3.05, 3.63) is 72.4 Å². The summed E-state index contributed by atoms with van der Waals surface area (Å²) in [5, 5.41) is 3.61. The number of amides is 1. The van der Waals surface area contributed by atoms with Gasteiger partial charge in [0.25, 0.3) is 0 Å². The number of anilines is 1. The van der Waals surface area contributed by atoms with E-state index in [9.17, 15) is 4.79 Å². The van der Waals surface area contributed by atoms with Gasteiger partial charge in [-0.3, -0.25) is 4.98 Å². The van der Waals surface area contributed by atoms with Gasteiger partial charge in [-0.1, -0.05) is 18.2 Å². The highest BCUT2D eigenvalue weighted by atomic mass is 16.6. The van der Waals surface area contributed by atoms with Gasteiger partial charge in [-0.05, 0) is 43.4 Å². The van der Waals surface area contributed by atoms with Crippen LogP contribution in [0.15, 0.2) is 72.4 Å². The molecule has 2 fully saturated rings. The maximum atomic E-state index is 12.7. The summed E-state index contributed by atoms with van der Waals surface area (Å²) < 4.78 is 22.5. The summed E-state index contributed by atoms with van der Waals surface area (Å²) >= 11 is 0. The molecule has 2 saturated heterocycles. The van der Waals surface area contributed by atoms with Gasteiger partial charge in [0.15, 0.2) is 12.0 Å². The van der Waals surface area contributed by atoms with E-state index in [4.69, 9.17) is 18.9 Å². The molecule has 0 bridgehead atoms. The number of nitrogens with one attached hydrogen (secondary N) is 1. The van der Waals surface area contributed by atoms with Crippen molar-refractivity contribution in [1.82, 2.24) is 20.2 Å². The van der Waals surface area contributed by atoms with Gasteiger partial charge in [-0.2, -0.15) is 0 Å². The molecule has 1 N–H and O–H groups in total. The lowest BCUT2D eigenvalue weighted by Gasteiger charge is -2.35. The smallest absolute Gasteiger partial charge is 0.417 e. The van der Waals surface area contributed by atoms with Gasteiger partial charge in [0, 0.05) is 37.9 Å². The Hall–Kier alpha value is -4.05. The molecule has 0 saturated carbocycles. The SMILES string of the molecule is COc1ccc2nccc(N3CCCC(NC[C@@H]4CN(C5=COC=C(C6=CC=CCC6)O5)C(=O)O4)C3)c2n1. The maximum Gasteiger partial charge on any atom is 0.417 e. The van der Waals surface area contributed by atoms with Crippen molar-refractivity contribution in [1.29, 1.82) is 0 Å². The second kappa shape index (κ2) is 10.7. The maximum absolute atomic E-state index is 12.7. The molecule has 1 unspecified atom stereocenters. The second-order valence-corrected chi connectivity index (χ2v) is 9.70. The van der Waals surface area contributed by atoms with Crippen LogP contribution in [-0.2, 0) is 14.2 Å². The topological polar surface area (TPSA) is 98.3 Å². The van der Waals surface area contributed by atoms with E-state index in [1.165, 1.54) is 11.2 Å². The van der Waals surface area contributed by atoms with Crippen molar-refractivity contribution in [3.8, 4) is 5.88 Å². The van der Waals surface area contributed by atoms with E-state index < -0.39 is 6.09 Å². The van der Waals surface area contributed by atoms with E-state index in [1.807, 2.05) is 36.5 Å². The lowest BCUT2D eigenvalue weighted by Crippen LogP contribution is -2.48. The van der Waals surface area contributed by atoms with Crippen molar-refractivity contribution in [2.24, 2.45) is 0 Å². The number of ether oxygens (including phenoxy) is 4. The van der Waals surface area contributed by atoms with Gasteiger partial charge in [-0.25, -0.2) is 14.7 Å². The Bertz CT molecular complexity index is 1340. The normalized spacial score (nSPS) is 23.3. The first kappa shape index (κ1) is 24.3. The van der Waals surface area contributed by atoms with E-state index in [1.54, 1.807) is 13.4 Å². The average molecular weight is 518 g/mol. The van der Waals surface area contributed by atoms with Gasteiger partial charge >= 0.3 is 6.09 Å². The fraction of sp³-hybridized carbons (Fsp3) is 0.393. The molecule has 0 aromatic carbocycles. The fourth-order valence-electron chi connectivity index (χ4n) is 5.21. The number of piperidine rings is 1. The van der Waals surface area contributed by atoms with E-state index in [0.29, 0.717) is 30.6 Å². The third-order valence-electron chi connectivity index (χ3n) is 7.17. The zero-order valence-electron chi connectivity index (χ0n) is 21.3. The monoisotopic (exact) mass is 517 g/mol. The van der Waals surface area contributed by atoms with Crippen molar-refractivity contribution in [2.75, 3.05) is 38.2 Å². The highest BCUT2D eigenvalue weighted by Crippen LogP contribution is 2.30. The third kappa shape index (κ3) is 5.04. The molecule has 10 heteroatoms. The predicted octanol–water partition coefficient (Wildman–Crippen LogP) is 3.98.